The molecule has 0 radical (unpaired) electrons. The van der Waals surface area contributed by atoms with Crippen LogP contribution in [0, 0.1) is 17.7 Å². The van der Waals surface area contributed by atoms with Gasteiger partial charge in [-0.05, 0) is 36.6 Å². The molecule has 7 heteroatoms. The lowest BCUT2D eigenvalue weighted by molar-refractivity contribution is 0.414. The minimum Gasteiger partial charge on any atom is -0.316 e. The monoisotopic (exact) mass is 336 g/mol. The van der Waals surface area contributed by atoms with E-state index in [0.717, 1.165) is 6.07 Å². The first-order valence-electron chi connectivity index (χ1n) is 6.81. The van der Waals surface area contributed by atoms with Crippen LogP contribution in [0.3, 0.4) is 0 Å². The highest BCUT2D eigenvalue weighted by Crippen LogP contribution is 2.24. The Bertz CT molecular complexity index is 591. The van der Waals surface area contributed by atoms with Crippen LogP contribution in [0.15, 0.2) is 17.0 Å². The molecule has 0 aromatic heterocycles. The van der Waals surface area contributed by atoms with E-state index in [-0.39, 0.29) is 15.8 Å². The third kappa shape index (κ3) is 4.92. The molecule has 1 aromatic carbocycles. The first kappa shape index (κ1) is 18.4. The van der Waals surface area contributed by atoms with Crippen molar-refractivity contribution in [3.8, 4) is 0 Å². The van der Waals surface area contributed by atoms with Crippen LogP contribution >= 0.6 is 11.6 Å². The molecule has 0 aliphatic heterocycles. The van der Waals surface area contributed by atoms with Crippen LogP contribution in [0.4, 0.5) is 4.39 Å². The molecule has 0 spiro atoms. The number of halogens is 2. The Labute approximate surface area is 131 Å². The molecule has 0 fully saturated rings. The van der Waals surface area contributed by atoms with Crippen molar-refractivity contribution in [2.75, 3.05) is 13.6 Å². The Morgan fingerprint density at radius 1 is 1.29 bits per heavy atom. The molecule has 1 atom stereocenters. The second kappa shape index (κ2) is 7.54. The summed E-state index contributed by atoms with van der Waals surface area (Å²) in [5, 5.41) is 2.77. The summed E-state index contributed by atoms with van der Waals surface area (Å²) in [6.07, 6.45) is 0. The maximum absolute atomic E-state index is 13.8. The van der Waals surface area contributed by atoms with E-state index < -0.39 is 15.8 Å². The molecule has 1 aromatic rings. The second-order valence-corrected chi connectivity index (χ2v) is 7.63. The van der Waals surface area contributed by atoms with Gasteiger partial charge in [0.05, 0.1) is 9.92 Å². The van der Waals surface area contributed by atoms with Crippen LogP contribution in [0.25, 0.3) is 0 Å². The van der Waals surface area contributed by atoms with Crippen molar-refractivity contribution in [2.24, 2.45) is 11.8 Å². The summed E-state index contributed by atoms with van der Waals surface area (Å²) in [5.74, 6) is -0.190. The van der Waals surface area contributed by atoms with E-state index in [2.05, 4.69) is 10.0 Å². The zero-order valence-corrected chi connectivity index (χ0v) is 14.3. The summed E-state index contributed by atoms with van der Waals surface area (Å²) in [5.41, 5.74) is 0.413. The van der Waals surface area contributed by atoms with E-state index in [9.17, 15) is 12.8 Å². The fourth-order valence-electron chi connectivity index (χ4n) is 1.65. The lowest BCUT2D eigenvalue weighted by atomic mass is 9.99. The molecule has 0 amide bonds. The third-order valence-corrected chi connectivity index (χ3v) is 5.31. The normalized spacial score (nSPS) is 13.7. The maximum atomic E-state index is 13.8. The van der Waals surface area contributed by atoms with Gasteiger partial charge in [0, 0.05) is 13.1 Å². The van der Waals surface area contributed by atoms with E-state index in [1.54, 1.807) is 7.05 Å². The average Bonchev–Trinajstić information content (AvgIpc) is 2.41. The predicted molar refractivity (Wildman–Crippen MR) is 83.4 cm³/mol. The minimum absolute atomic E-state index is 0.0566. The Hall–Kier alpha value is -0.690. The third-order valence-electron chi connectivity index (χ3n) is 3.49. The van der Waals surface area contributed by atoms with E-state index in [1.165, 1.54) is 6.07 Å². The van der Waals surface area contributed by atoms with Gasteiger partial charge in [-0.25, -0.2) is 17.5 Å². The van der Waals surface area contributed by atoms with Crippen molar-refractivity contribution in [1.29, 1.82) is 0 Å². The number of benzene rings is 1. The molecule has 4 nitrogen and oxygen atoms in total. The highest BCUT2D eigenvalue weighted by Gasteiger charge is 2.20. The van der Waals surface area contributed by atoms with Gasteiger partial charge in [0.25, 0.3) is 0 Å². The Morgan fingerprint density at radius 2 is 1.90 bits per heavy atom. The lowest BCUT2D eigenvalue weighted by Gasteiger charge is -2.17. The van der Waals surface area contributed by atoms with Gasteiger partial charge in [-0.1, -0.05) is 32.4 Å². The molecule has 0 saturated carbocycles. The number of hydrogen-bond acceptors (Lipinski definition) is 3. The van der Waals surface area contributed by atoms with E-state index in [4.69, 9.17) is 11.6 Å². The summed E-state index contributed by atoms with van der Waals surface area (Å²) in [6.45, 7) is 6.60. The van der Waals surface area contributed by atoms with Crippen LogP contribution in [0.5, 0.6) is 0 Å². The SMILES string of the molecule is CNCc1cc(S(=O)(=O)NCC(C)C(C)C)cc(F)c1Cl. The van der Waals surface area contributed by atoms with Crippen LogP contribution in [-0.4, -0.2) is 22.0 Å². The summed E-state index contributed by atoms with van der Waals surface area (Å²) >= 11 is 5.83. The molecule has 2 N–H and O–H groups in total. The van der Waals surface area contributed by atoms with Gasteiger partial charge in [-0.3, -0.25) is 0 Å². The first-order chi connectivity index (χ1) is 9.69. The standard InChI is InChI=1S/C14H22ClFN2O2S/c1-9(2)10(3)7-18-21(19,20)12-5-11(8-17-4)14(15)13(16)6-12/h5-6,9-10,17-18H,7-8H2,1-4H3. The Kier molecular flexibility index (Phi) is 6.59. The summed E-state index contributed by atoms with van der Waals surface area (Å²) in [7, 11) is -2.07. The molecule has 0 saturated heterocycles. The molecular formula is C14H22ClFN2O2S. The average molecular weight is 337 g/mol. The highest BCUT2D eigenvalue weighted by molar-refractivity contribution is 7.89. The number of hydrogen-bond donors (Lipinski definition) is 2. The fraction of sp³-hybridized carbons (Fsp3) is 0.571. The fourth-order valence-corrected chi connectivity index (χ4v) is 3.03. The quantitative estimate of drug-likeness (QED) is 0.805. The minimum atomic E-state index is -3.75. The van der Waals surface area contributed by atoms with Gasteiger partial charge in [0.1, 0.15) is 5.82 Å². The predicted octanol–water partition coefficient (Wildman–Crippen LogP) is 2.77. The van der Waals surface area contributed by atoms with Crippen LogP contribution in [-0.2, 0) is 16.6 Å². The van der Waals surface area contributed by atoms with Crippen molar-refractivity contribution in [2.45, 2.75) is 32.2 Å². The molecular weight excluding hydrogens is 315 g/mol. The van der Waals surface area contributed by atoms with Crippen molar-refractivity contribution in [3.63, 3.8) is 0 Å². The highest BCUT2D eigenvalue weighted by atomic mass is 35.5. The van der Waals surface area contributed by atoms with Crippen molar-refractivity contribution in [1.82, 2.24) is 10.0 Å². The van der Waals surface area contributed by atoms with Gasteiger partial charge >= 0.3 is 0 Å². The molecule has 0 aliphatic rings. The van der Waals surface area contributed by atoms with Crippen LogP contribution in [0.1, 0.15) is 26.3 Å². The number of nitrogens with one attached hydrogen (secondary N) is 2. The van der Waals surface area contributed by atoms with E-state index >= 15 is 0 Å². The molecule has 0 heterocycles. The maximum Gasteiger partial charge on any atom is 0.240 e. The molecule has 0 bridgehead atoms. The molecule has 0 aliphatic carbocycles. The molecule has 1 unspecified atom stereocenters. The van der Waals surface area contributed by atoms with Gasteiger partial charge < -0.3 is 5.32 Å². The Morgan fingerprint density at radius 3 is 2.43 bits per heavy atom. The second-order valence-electron chi connectivity index (χ2n) is 5.48. The lowest BCUT2D eigenvalue weighted by Crippen LogP contribution is -2.30. The van der Waals surface area contributed by atoms with Crippen molar-refractivity contribution in [3.05, 3.63) is 28.5 Å². The topological polar surface area (TPSA) is 58.2 Å². The zero-order valence-electron chi connectivity index (χ0n) is 12.7. The van der Waals surface area contributed by atoms with Gasteiger partial charge in [-0.15, -0.1) is 0 Å². The zero-order chi connectivity index (χ0) is 16.2. The van der Waals surface area contributed by atoms with E-state index in [0.29, 0.717) is 24.6 Å². The van der Waals surface area contributed by atoms with Crippen molar-refractivity contribution < 1.29 is 12.8 Å². The summed E-state index contributed by atoms with van der Waals surface area (Å²) < 4.78 is 40.8. The van der Waals surface area contributed by atoms with Gasteiger partial charge in [-0.2, -0.15) is 0 Å². The van der Waals surface area contributed by atoms with E-state index in [1.807, 2.05) is 20.8 Å². The van der Waals surface area contributed by atoms with Crippen LogP contribution in [0.2, 0.25) is 5.02 Å². The molecule has 21 heavy (non-hydrogen) atoms. The molecule has 120 valence electrons. The smallest absolute Gasteiger partial charge is 0.240 e. The van der Waals surface area contributed by atoms with Gasteiger partial charge in [0.15, 0.2) is 0 Å². The van der Waals surface area contributed by atoms with Crippen LogP contribution < -0.4 is 10.0 Å². The molecule has 1 rings (SSSR count). The number of rotatable bonds is 7. The summed E-state index contributed by atoms with van der Waals surface area (Å²) in [4.78, 5) is -0.106. The summed E-state index contributed by atoms with van der Waals surface area (Å²) in [6, 6.07) is 2.34. The van der Waals surface area contributed by atoms with Crippen molar-refractivity contribution >= 4 is 21.6 Å². The van der Waals surface area contributed by atoms with Gasteiger partial charge in [0.2, 0.25) is 10.0 Å². The largest absolute Gasteiger partial charge is 0.316 e. The first-order valence-corrected chi connectivity index (χ1v) is 8.67. The Balaban J connectivity index is 3.03. The number of sulfonamides is 1.